The molecule has 0 aliphatic rings. The monoisotopic (exact) mass is 307 g/mol. The molecule has 106 valence electrons. The van der Waals surface area contributed by atoms with Crippen LogP contribution in [0.25, 0.3) is 11.3 Å². The van der Waals surface area contributed by atoms with Gasteiger partial charge in [-0.05, 0) is 30.7 Å². The second kappa shape index (κ2) is 5.01. The molecule has 0 aliphatic carbocycles. The van der Waals surface area contributed by atoms with Crippen molar-refractivity contribution in [3.05, 3.63) is 52.2 Å². The van der Waals surface area contributed by atoms with Gasteiger partial charge in [0, 0.05) is 0 Å². The fraction of sp³-hybridized carbons (Fsp3) is 0.154. The Morgan fingerprint density at radius 2 is 1.75 bits per heavy atom. The second-order valence-corrected chi connectivity index (χ2v) is 4.50. The normalized spacial score (nSPS) is 11.8. The predicted molar refractivity (Wildman–Crippen MR) is 64.3 cm³/mol. The van der Waals surface area contributed by atoms with Gasteiger partial charge in [-0.2, -0.15) is 13.2 Å². The molecule has 0 saturated heterocycles. The van der Waals surface area contributed by atoms with E-state index < -0.39 is 39.8 Å². The molecule has 2 aromatic rings. The van der Waals surface area contributed by atoms with Crippen molar-refractivity contribution in [1.29, 1.82) is 0 Å². The third-order valence-corrected chi connectivity index (χ3v) is 2.86. The highest BCUT2D eigenvalue weighted by atomic mass is 35.5. The number of alkyl halides is 3. The number of rotatable bonds is 1. The van der Waals surface area contributed by atoms with Crippen molar-refractivity contribution >= 4 is 11.6 Å². The third-order valence-electron chi connectivity index (χ3n) is 2.66. The van der Waals surface area contributed by atoms with Gasteiger partial charge in [-0.15, -0.1) is 0 Å². The van der Waals surface area contributed by atoms with Crippen molar-refractivity contribution in [3.63, 3.8) is 0 Å². The molecule has 0 fully saturated rings. The van der Waals surface area contributed by atoms with E-state index in [0.29, 0.717) is 12.1 Å². The van der Waals surface area contributed by atoms with Gasteiger partial charge in [0.2, 0.25) is 0 Å². The van der Waals surface area contributed by atoms with Gasteiger partial charge in [0.15, 0.2) is 0 Å². The van der Waals surface area contributed by atoms with Gasteiger partial charge in [-0.1, -0.05) is 17.7 Å². The Morgan fingerprint density at radius 1 is 1.10 bits per heavy atom. The Labute approximate surface area is 116 Å². The molecule has 0 N–H and O–H groups in total. The number of hydrogen-bond donors (Lipinski definition) is 0. The van der Waals surface area contributed by atoms with Crippen molar-refractivity contribution in [2.75, 3.05) is 0 Å². The second-order valence-electron chi connectivity index (χ2n) is 4.11. The van der Waals surface area contributed by atoms with Crippen molar-refractivity contribution in [3.8, 4) is 11.3 Å². The van der Waals surface area contributed by atoms with E-state index in [2.05, 4.69) is 4.98 Å². The highest BCUT2D eigenvalue weighted by Crippen LogP contribution is 2.35. The Kier molecular flexibility index (Phi) is 3.69. The smallest absolute Gasteiger partial charge is 0.236 e. The van der Waals surface area contributed by atoms with Gasteiger partial charge in [0.1, 0.15) is 16.8 Å². The molecule has 1 heterocycles. The molecule has 2 rings (SSSR count). The fourth-order valence-corrected chi connectivity index (χ4v) is 1.89. The molecule has 0 bridgehead atoms. The predicted octanol–water partition coefficient (Wildman–Crippen LogP) is 5.01. The van der Waals surface area contributed by atoms with E-state index in [1.165, 1.54) is 13.0 Å². The van der Waals surface area contributed by atoms with Crippen LogP contribution in [0.4, 0.5) is 22.0 Å². The van der Waals surface area contributed by atoms with Crippen LogP contribution >= 0.6 is 11.6 Å². The van der Waals surface area contributed by atoms with Crippen LogP contribution in [-0.2, 0) is 6.18 Å². The zero-order valence-electron chi connectivity index (χ0n) is 10.0. The number of pyridine rings is 1. The summed E-state index contributed by atoms with van der Waals surface area (Å²) in [4.78, 5) is 3.57. The number of benzene rings is 1. The molecular formula is C13H7ClF5N. The lowest BCUT2D eigenvalue weighted by Gasteiger charge is -2.11. The molecular weight excluding hydrogens is 301 g/mol. The lowest BCUT2D eigenvalue weighted by atomic mass is 10.0. The number of aryl methyl sites for hydroxylation is 1. The maximum absolute atomic E-state index is 13.9. The minimum absolute atomic E-state index is 0.0942. The Balaban J connectivity index is 2.71. The molecule has 0 aliphatic heterocycles. The molecule has 0 saturated carbocycles. The van der Waals surface area contributed by atoms with E-state index >= 15 is 0 Å². The van der Waals surface area contributed by atoms with Crippen LogP contribution in [0.1, 0.15) is 11.1 Å². The summed E-state index contributed by atoms with van der Waals surface area (Å²) in [5.41, 5.74) is -2.15. The highest BCUT2D eigenvalue weighted by Gasteiger charge is 2.32. The van der Waals surface area contributed by atoms with Crippen LogP contribution in [0.15, 0.2) is 24.3 Å². The van der Waals surface area contributed by atoms with E-state index in [1.54, 1.807) is 0 Å². The first-order valence-corrected chi connectivity index (χ1v) is 5.77. The van der Waals surface area contributed by atoms with Crippen LogP contribution < -0.4 is 0 Å². The van der Waals surface area contributed by atoms with Gasteiger partial charge >= 0.3 is 6.18 Å². The summed E-state index contributed by atoms with van der Waals surface area (Å²) >= 11 is 5.49. The third kappa shape index (κ3) is 2.75. The Hall–Kier alpha value is -1.69. The standard InChI is InChI=1S/C13H7ClF5N/c1-6-2-3-8(15)11(12(6)16)9-4-7(13(17,18)19)5-10(14)20-9/h2-5H,1H3. The average molecular weight is 308 g/mol. The first-order valence-electron chi connectivity index (χ1n) is 5.40. The summed E-state index contributed by atoms with van der Waals surface area (Å²) < 4.78 is 65.6. The molecule has 0 radical (unpaired) electrons. The summed E-state index contributed by atoms with van der Waals surface area (Å²) in [6.45, 7) is 1.37. The molecule has 0 spiro atoms. The summed E-state index contributed by atoms with van der Waals surface area (Å²) in [5.74, 6) is -1.97. The highest BCUT2D eigenvalue weighted by molar-refractivity contribution is 6.29. The fourth-order valence-electron chi connectivity index (χ4n) is 1.68. The number of halogens is 6. The SMILES string of the molecule is Cc1ccc(F)c(-c2cc(C(F)(F)F)cc(Cl)n2)c1F. The Bertz CT molecular complexity index is 667. The number of hydrogen-bond acceptors (Lipinski definition) is 1. The maximum Gasteiger partial charge on any atom is 0.416 e. The topological polar surface area (TPSA) is 12.9 Å². The molecule has 1 nitrogen and oxygen atoms in total. The molecule has 20 heavy (non-hydrogen) atoms. The van der Waals surface area contributed by atoms with Crippen LogP contribution in [-0.4, -0.2) is 4.98 Å². The minimum atomic E-state index is -4.68. The van der Waals surface area contributed by atoms with Gasteiger partial charge in [0.25, 0.3) is 0 Å². The minimum Gasteiger partial charge on any atom is -0.236 e. The van der Waals surface area contributed by atoms with Crippen LogP contribution in [0.5, 0.6) is 0 Å². The number of nitrogens with zero attached hydrogens (tertiary/aromatic N) is 1. The van der Waals surface area contributed by atoms with Gasteiger partial charge in [-0.3, -0.25) is 0 Å². The van der Waals surface area contributed by atoms with Crippen molar-refractivity contribution < 1.29 is 22.0 Å². The molecule has 0 amide bonds. The van der Waals surface area contributed by atoms with E-state index in [0.717, 1.165) is 6.07 Å². The van der Waals surface area contributed by atoms with Crippen LogP contribution in [0.2, 0.25) is 5.15 Å². The van der Waals surface area contributed by atoms with Crippen molar-refractivity contribution in [1.82, 2.24) is 4.98 Å². The van der Waals surface area contributed by atoms with Gasteiger partial charge < -0.3 is 0 Å². The van der Waals surface area contributed by atoms with Gasteiger partial charge in [-0.25, -0.2) is 13.8 Å². The first kappa shape index (κ1) is 14.7. The molecule has 0 atom stereocenters. The average Bonchev–Trinajstić information content (AvgIpc) is 2.33. The molecule has 1 aromatic carbocycles. The summed E-state index contributed by atoms with van der Waals surface area (Å²) in [5, 5.41) is -0.491. The quantitative estimate of drug-likeness (QED) is 0.533. The van der Waals surface area contributed by atoms with Crippen LogP contribution in [0, 0.1) is 18.6 Å². The van der Waals surface area contributed by atoms with Crippen molar-refractivity contribution in [2.45, 2.75) is 13.1 Å². The Morgan fingerprint density at radius 3 is 2.35 bits per heavy atom. The van der Waals surface area contributed by atoms with Crippen molar-refractivity contribution in [2.24, 2.45) is 0 Å². The molecule has 0 unspecified atom stereocenters. The first-order chi connectivity index (χ1) is 9.20. The van der Waals surface area contributed by atoms with Crippen LogP contribution in [0.3, 0.4) is 0 Å². The van der Waals surface area contributed by atoms with E-state index in [4.69, 9.17) is 11.6 Å². The zero-order valence-corrected chi connectivity index (χ0v) is 10.8. The van der Waals surface area contributed by atoms with E-state index in [-0.39, 0.29) is 5.56 Å². The maximum atomic E-state index is 13.9. The van der Waals surface area contributed by atoms with E-state index in [1.807, 2.05) is 0 Å². The summed E-state index contributed by atoms with van der Waals surface area (Å²) in [6, 6.07) is 3.30. The summed E-state index contributed by atoms with van der Waals surface area (Å²) in [7, 11) is 0. The largest absolute Gasteiger partial charge is 0.416 e. The molecule has 1 aromatic heterocycles. The van der Waals surface area contributed by atoms with Gasteiger partial charge in [0.05, 0.1) is 16.8 Å². The lowest BCUT2D eigenvalue weighted by Crippen LogP contribution is -2.06. The lowest BCUT2D eigenvalue weighted by molar-refractivity contribution is -0.137. The summed E-state index contributed by atoms with van der Waals surface area (Å²) in [6.07, 6.45) is -4.68. The molecule has 7 heteroatoms. The zero-order chi connectivity index (χ0) is 15.1. The number of aromatic nitrogens is 1. The van der Waals surface area contributed by atoms with E-state index in [9.17, 15) is 22.0 Å².